The van der Waals surface area contributed by atoms with Crippen LogP contribution in [-0.2, 0) is 6.51 Å². The van der Waals surface area contributed by atoms with E-state index in [1.807, 2.05) is 0 Å². The van der Waals surface area contributed by atoms with Gasteiger partial charge in [0.2, 0.25) is 0 Å². The quantitative estimate of drug-likeness (QED) is 0.549. The first kappa shape index (κ1) is 8.98. The zero-order chi connectivity index (χ0) is 13.7. The van der Waals surface area contributed by atoms with E-state index in [-0.39, 0.29) is 0 Å². The monoisotopic (exact) mass is 323 g/mol. The fraction of sp³-hybridized carbons (Fsp3) is 0.625. The van der Waals surface area contributed by atoms with Gasteiger partial charge in [-0.15, -0.1) is 0 Å². The van der Waals surface area contributed by atoms with Crippen molar-refractivity contribution in [2.45, 2.75) is 48.2 Å². The van der Waals surface area contributed by atoms with Crippen LogP contribution in [0.25, 0.3) is 0 Å². The summed E-state index contributed by atoms with van der Waals surface area (Å²) in [4.78, 5) is 15.9. The Morgan fingerprint density at radius 2 is 1.24 bits per heavy atom. The van der Waals surface area contributed by atoms with E-state index in [2.05, 4.69) is 0 Å². The van der Waals surface area contributed by atoms with Gasteiger partial charge in [-0.1, -0.05) is 12.1 Å². The first-order valence-electron chi connectivity index (χ1n) is 8.29. The zero-order valence-corrected chi connectivity index (χ0v) is 12.6. The summed E-state index contributed by atoms with van der Waals surface area (Å²) in [6, 6.07) is 6.47. The predicted molar refractivity (Wildman–Crippen MR) is 78.2 cm³/mol. The molecular formula is C16H18BFeNO2. The van der Waals surface area contributed by atoms with Gasteiger partial charge < -0.3 is 15.8 Å². The average molecular weight is 323 g/mol. The molecule has 1 aromatic rings. The molecule has 110 valence electrons. The first-order valence-corrected chi connectivity index (χ1v) is 14.7. The Morgan fingerprint density at radius 1 is 0.810 bits per heavy atom. The molecule has 1 spiro atoms. The third-order valence-electron chi connectivity index (χ3n) is 15.7. The first-order chi connectivity index (χ1) is 9.86. The Kier molecular flexibility index (Phi) is 0.374. The molecule has 0 saturated carbocycles. The average Bonchev–Trinajstić information content (AvgIpc) is 3.39. The van der Waals surface area contributed by atoms with Gasteiger partial charge in [0, 0.05) is 5.69 Å². The molecule has 0 radical (unpaired) electrons. The van der Waals surface area contributed by atoms with Crippen LogP contribution in [0.3, 0.4) is 0 Å². The van der Waals surface area contributed by atoms with Gasteiger partial charge in [-0.2, -0.15) is 0 Å². The van der Waals surface area contributed by atoms with E-state index in [0.717, 1.165) is 0 Å². The molecule has 4 N–H and O–H groups in total. The molecule has 10 heterocycles. The molecule has 0 unspecified atom stereocenters. The molecule has 0 aliphatic carbocycles. The molecule has 21 heavy (non-hydrogen) atoms. The SMILES string of the molecule is Nc1cccc(B(O)O)c1.[CH]12[CH]3[CH]4[CH]5[CH]1[Fe]23451678[CH]2[CH]1[CH]6[CH]7[CH]28. The standard InChI is InChI=1S/C6H8BNO2.2C5H5.Fe/c8-6-3-1-2-5(4-6)7(9)10;2*1-2-4-5-3-1;/h1-4,9-10H,8H2;2*1-5H;. The van der Waals surface area contributed by atoms with E-state index < -0.39 is 13.6 Å². The maximum atomic E-state index is 8.65. The van der Waals surface area contributed by atoms with E-state index in [9.17, 15) is 0 Å². The molecule has 10 aliphatic heterocycles. The van der Waals surface area contributed by atoms with E-state index in [1.165, 1.54) is 6.07 Å². The maximum absolute atomic E-state index is 8.65. The second kappa shape index (κ2) is 0.875. The van der Waals surface area contributed by atoms with Crippen molar-refractivity contribution >= 4 is 18.3 Å². The van der Waals surface area contributed by atoms with Gasteiger partial charge in [-0.25, -0.2) is 0 Å². The number of benzene rings is 1. The third-order valence-corrected chi connectivity index (χ3v) is 57.7. The van der Waals surface area contributed by atoms with Crippen molar-refractivity contribution in [3.63, 3.8) is 0 Å². The number of anilines is 1. The van der Waals surface area contributed by atoms with Crippen LogP contribution in [0.1, 0.15) is 0 Å². The van der Waals surface area contributed by atoms with Crippen LogP contribution in [0.2, 0.25) is 48.2 Å². The van der Waals surface area contributed by atoms with Gasteiger partial charge in [0.1, 0.15) is 0 Å². The van der Waals surface area contributed by atoms with Crippen LogP contribution in [-0.4, -0.2) is 17.2 Å². The fourth-order valence-corrected chi connectivity index (χ4v) is 88.7. The van der Waals surface area contributed by atoms with Gasteiger partial charge in [-0.3, -0.25) is 0 Å². The van der Waals surface area contributed by atoms with Gasteiger partial charge in [0.05, 0.1) is 0 Å². The summed E-state index contributed by atoms with van der Waals surface area (Å²) in [5.74, 6) is 0. The second-order valence-corrected chi connectivity index (χ2v) is 35.6. The molecule has 0 atom stereocenters. The van der Waals surface area contributed by atoms with Crippen molar-refractivity contribution < 1.29 is 16.6 Å². The molecule has 11 rings (SSSR count). The van der Waals surface area contributed by atoms with Gasteiger partial charge in [-0.05, 0) is 17.6 Å². The molecule has 0 aromatic heterocycles. The molecule has 0 amide bonds. The van der Waals surface area contributed by atoms with Crippen molar-refractivity contribution in [2.24, 2.45) is 0 Å². The summed E-state index contributed by atoms with van der Waals surface area (Å²) in [5.41, 5.74) is 6.32. The van der Waals surface area contributed by atoms with Crippen molar-refractivity contribution in [1.82, 2.24) is 0 Å². The molecular weight excluding hydrogens is 305 g/mol. The van der Waals surface area contributed by atoms with Crippen LogP contribution in [0, 0.1) is 0 Å². The van der Waals surface area contributed by atoms with Crippen LogP contribution in [0.15, 0.2) is 24.3 Å². The second-order valence-electron chi connectivity index (χ2n) is 11.6. The molecule has 3 nitrogen and oxygen atoms in total. The molecule has 0 bridgehead atoms. The number of hydrogen-bond acceptors (Lipinski definition) is 3. The van der Waals surface area contributed by atoms with E-state index in [0.29, 0.717) is 11.2 Å². The van der Waals surface area contributed by atoms with Crippen molar-refractivity contribution in [2.75, 3.05) is 5.73 Å². The number of rotatable bonds is 1. The topological polar surface area (TPSA) is 66.5 Å². The number of hydrogen-bond donors (Lipinski definition) is 3. The minimum atomic E-state index is -2.28. The molecule has 10 aliphatic rings. The number of fused-ring (bicyclic) bond motifs is 10. The summed E-state index contributed by atoms with van der Waals surface area (Å²) in [5, 5.41) is 17.3. The van der Waals surface area contributed by atoms with E-state index >= 15 is 0 Å². The Labute approximate surface area is 113 Å². The number of nitrogens with two attached hydrogens (primary N) is 1. The summed E-state index contributed by atoms with van der Waals surface area (Å²) in [6.07, 6.45) is 0. The van der Waals surface area contributed by atoms with Crippen LogP contribution in [0.4, 0.5) is 5.69 Å². The fourth-order valence-electron chi connectivity index (χ4n) is 16.5. The summed E-state index contributed by atoms with van der Waals surface area (Å²) in [6.45, 7) is -2.28. The summed E-state index contributed by atoms with van der Waals surface area (Å²) >= 11 is 0. The Morgan fingerprint density at radius 3 is 1.43 bits per heavy atom. The summed E-state index contributed by atoms with van der Waals surface area (Å²) < 4.78 is 0. The molecule has 10 fully saturated rings. The normalized spacial score (nSPS) is 94.0. The molecule has 5 heteroatoms. The van der Waals surface area contributed by atoms with Gasteiger partial charge in [0.15, 0.2) is 0 Å². The van der Waals surface area contributed by atoms with Crippen molar-refractivity contribution in [1.29, 1.82) is 0 Å². The molecule has 10 saturated heterocycles. The Balaban J connectivity index is 0.0000000793. The van der Waals surface area contributed by atoms with Crippen LogP contribution in [0.5, 0.6) is 0 Å². The summed E-state index contributed by atoms with van der Waals surface area (Å²) in [7, 11) is -1.43. The van der Waals surface area contributed by atoms with E-state index in [1.54, 1.807) is 66.4 Å². The van der Waals surface area contributed by atoms with Crippen molar-refractivity contribution in [3.8, 4) is 0 Å². The van der Waals surface area contributed by atoms with E-state index in [4.69, 9.17) is 15.8 Å². The number of nitrogen functional groups attached to an aromatic ring is 1. The van der Waals surface area contributed by atoms with Gasteiger partial charge >= 0.3 is 61.8 Å². The molecule has 1 aromatic carbocycles. The zero-order valence-electron chi connectivity index (χ0n) is 11.5. The van der Waals surface area contributed by atoms with Crippen LogP contribution < -0.4 is 11.2 Å². The third kappa shape index (κ3) is 0.132. The van der Waals surface area contributed by atoms with Crippen LogP contribution >= 0.6 is 0 Å². The predicted octanol–water partition coefficient (Wildman–Crippen LogP) is 2.32. The van der Waals surface area contributed by atoms with Gasteiger partial charge in [0.25, 0.3) is 0 Å². The van der Waals surface area contributed by atoms with Crippen molar-refractivity contribution in [3.05, 3.63) is 24.3 Å². The Hall–Kier alpha value is -0.476. The minimum absolute atomic E-state index is 0.417. The Bertz CT molecular complexity index is 966.